The summed E-state index contributed by atoms with van der Waals surface area (Å²) in [4.78, 5) is 83.1. The van der Waals surface area contributed by atoms with E-state index in [1.165, 1.54) is 23.2 Å². The van der Waals surface area contributed by atoms with E-state index >= 15 is 0 Å². The maximum atomic E-state index is 13.4. The van der Waals surface area contributed by atoms with E-state index in [9.17, 15) is 43.3 Å². The van der Waals surface area contributed by atoms with E-state index in [1.807, 2.05) is 0 Å². The first-order valence-electron chi connectivity index (χ1n) is 17.7. The van der Waals surface area contributed by atoms with Gasteiger partial charge in [0.05, 0.1) is 25.6 Å². The summed E-state index contributed by atoms with van der Waals surface area (Å²) in [5, 5.41) is 17.4. The van der Waals surface area contributed by atoms with Crippen LogP contribution < -0.4 is 33.5 Å². The molecule has 0 aliphatic carbocycles. The Kier molecular flexibility index (Phi) is 14.2. The average Bonchev–Trinajstić information content (AvgIpc) is 3.97. The molecule has 3 fully saturated rings. The number of hydrogen-bond donors (Lipinski definition) is 9. The normalized spacial score (nSPS) is 27.7. The number of rotatable bonds is 18. The number of imidazole rings is 1. The van der Waals surface area contributed by atoms with E-state index in [4.69, 9.17) is 40.5 Å². The van der Waals surface area contributed by atoms with Gasteiger partial charge in [-0.1, -0.05) is 0 Å². The molecule has 3 aliphatic heterocycles. The number of amides is 1. The summed E-state index contributed by atoms with van der Waals surface area (Å²) in [5.74, 6) is 0.248. The zero-order chi connectivity index (χ0) is 41.8. The Hall–Kier alpha value is -3.66. The van der Waals surface area contributed by atoms with Crippen molar-refractivity contribution in [1.29, 1.82) is 0 Å². The minimum absolute atomic E-state index is 0.0253. The minimum atomic E-state index is -5.17. The number of thioether (sulfide) groups is 1. The van der Waals surface area contributed by atoms with Crippen LogP contribution in [-0.4, -0.2) is 135 Å². The number of nitrogens with zero attached hydrogens (tertiary/aromatic N) is 6. The number of ether oxygens (including phenoxy) is 3. The Morgan fingerprint density at radius 2 is 1.86 bits per heavy atom. The topological polar surface area (TPSA) is 385 Å². The molecule has 3 aromatic rings. The van der Waals surface area contributed by atoms with E-state index in [-0.39, 0.29) is 47.6 Å². The van der Waals surface area contributed by atoms with Gasteiger partial charge in [-0.15, -0.1) is 11.8 Å². The molecular formula is C29H43N11O15P2S. The standard InChI is InChI=1S/C29H43N11O15P2S/c30-14(3-1-2-5-33-26(42)15-10-58-13-37-15)28(43)54-23-18(53-27(22(23)41)40-12-36-21-24(32)34-11-35-25(21)40)9-51-57(48,49)55-16-7-20(39-6-4-19(31)38-29(39)44)52-17(16)8-50-56(45,46)47/h4,6,11-12,14-18,20,22-23,27,37,41H,1-3,5,7-10,13,30H2,(H,33,42)(H,48,49)(H2,31,38,44)(H2,32,34,35)(H2,45,46,47)/t14?,15-,16-,17+,18-,20+,22+,23+,27+/m0/s1. The number of carbonyl (C=O) groups is 2. The zero-order valence-electron chi connectivity index (χ0n) is 30.4. The number of phosphoric acid groups is 2. The number of aliphatic hydroxyl groups is 1. The number of carbonyl (C=O) groups excluding carboxylic acids is 2. The molecule has 0 aromatic carbocycles. The van der Waals surface area contributed by atoms with Crippen LogP contribution in [-0.2, 0) is 46.5 Å². The SMILES string of the molecule is Nc1ccn([C@H]2C[C@H](OP(=O)(O)OC[C@@H]3O[C@@H](n4cnc5c(N)ncnc54)[C@H](O)[C@@H]3OC(=O)C(N)CCCCNC(=O)[C@@H]3CSCN3)[C@@H](COP(=O)(O)O)O2)c(=O)n1. The van der Waals surface area contributed by atoms with E-state index in [1.54, 1.807) is 11.8 Å². The second-order valence-corrected chi connectivity index (χ2v) is 17.0. The molecule has 0 radical (unpaired) electrons. The third-order valence-corrected chi connectivity index (χ3v) is 11.7. The second kappa shape index (κ2) is 18.7. The quantitative estimate of drug-likeness (QED) is 0.0365. The molecule has 0 bridgehead atoms. The first-order chi connectivity index (χ1) is 27.5. The van der Waals surface area contributed by atoms with Crippen LogP contribution in [0.4, 0.5) is 11.6 Å². The molecule has 12 N–H and O–H groups in total. The second-order valence-electron chi connectivity index (χ2n) is 13.3. The highest BCUT2D eigenvalue weighted by Gasteiger charge is 2.50. The summed E-state index contributed by atoms with van der Waals surface area (Å²) < 4.78 is 59.6. The van der Waals surface area contributed by atoms with Crippen molar-refractivity contribution in [3.8, 4) is 0 Å². The van der Waals surface area contributed by atoms with Gasteiger partial charge in [-0.3, -0.25) is 37.6 Å². The molecule has 29 heteroatoms. The molecule has 1 amide bonds. The Morgan fingerprint density at radius 3 is 2.59 bits per heavy atom. The molecule has 2 unspecified atom stereocenters. The Bertz CT molecular complexity index is 2090. The summed E-state index contributed by atoms with van der Waals surface area (Å²) in [6, 6.07) is -0.150. The molecule has 3 aromatic heterocycles. The van der Waals surface area contributed by atoms with Gasteiger partial charge in [0.1, 0.15) is 54.3 Å². The highest BCUT2D eigenvalue weighted by Crippen LogP contribution is 2.50. The fraction of sp³-hybridized carbons (Fsp3) is 0.621. The van der Waals surface area contributed by atoms with E-state index in [2.05, 4.69) is 35.1 Å². The van der Waals surface area contributed by atoms with Crippen LogP contribution in [0.5, 0.6) is 0 Å². The lowest BCUT2D eigenvalue weighted by molar-refractivity contribution is -0.158. The van der Waals surface area contributed by atoms with Crippen LogP contribution >= 0.6 is 27.4 Å². The zero-order valence-corrected chi connectivity index (χ0v) is 33.0. The summed E-state index contributed by atoms with van der Waals surface area (Å²) >= 11 is 1.62. The van der Waals surface area contributed by atoms with Gasteiger partial charge in [-0.2, -0.15) is 4.98 Å². The number of anilines is 2. The van der Waals surface area contributed by atoms with Crippen LogP contribution in [0.3, 0.4) is 0 Å². The van der Waals surface area contributed by atoms with Crippen molar-refractivity contribution < 1.29 is 66.3 Å². The summed E-state index contributed by atoms with van der Waals surface area (Å²) in [6.07, 6.45) is -5.68. The minimum Gasteiger partial charge on any atom is -0.455 e. The van der Waals surface area contributed by atoms with Crippen molar-refractivity contribution in [2.24, 2.45) is 5.73 Å². The lowest BCUT2D eigenvalue weighted by Crippen LogP contribution is -2.43. The molecule has 10 atom stereocenters. The molecule has 320 valence electrons. The number of aliphatic hydroxyl groups excluding tert-OH is 1. The van der Waals surface area contributed by atoms with Crippen molar-refractivity contribution in [2.75, 3.05) is 42.9 Å². The van der Waals surface area contributed by atoms with Crippen molar-refractivity contribution in [3.05, 3.63) is 35.4 Å². The van der Waals surface area contributed by atoms with Gasteiger partial charge in [0.25, 0.3) is 0 Å². The number of esters is 1. The first kappa shape index (κ1) is 43.9. The third kappa shape index (κ3) is 10.9. The van der Waals surface area contributed by atoms with Gasteiger partial charge in [0.15, 0.2) is 23.8 Å². The van der Waals surface area contributed by atoms with Gasteiger partial charge in [-0.25, -0.2) is 28.9 Å². The number of nitrogens with one attached hydrogen (secondary N) is 2. The number of fused-ring (bicyclic) bond motifs is 1. The summed E-state index contributed by atoms with van der Waals surface area (Å²) in [7, 11) is -10.2. The molecule has 3 saturated heterocycles. The average molecular weight is 880 g/mol. The number of nitrogen functional groups attached to an aromatic ring is 2. The lowest BCUT2D eigenvalue weighted by atomic mass is 10.1. The predicted molar refractivity (Wildman–Crippen MR) is 199 cm³/mol. The fourth-order valence-corrected chi connectivity index (χ4v) is 8.57. The molecule has 0 spiro atoms. The Morgan fingerprint density at radius 1 is 1.09 bits per heavy atom. The molecule has 6 rings (SSSR count). The lowest BCUT2D eigenvalue weighted by Gasteiger charge is -2.24. The van der Waals surface area contributed by atoms with E-state index < -0.39 is 89.5 Å². The molecule has 3 aliphatic rings. The summed E-state index contributed by atoms with van der Waals surface area (Å²) in [6.45, 7) is -1.31. The highest BCUT2D eigenvalue weighted by atomic mass is 32.2. The molecule has 6 heterocycles. The third-order valence-electron chi connectivity index (χ3n) is 9.22. The Labute approximate surface area is 332 Å². The fourth-order valence-electron chi connectivity index (χ4n) is 6.33. The van der Waals surface area contributed by atoms with Gasteiger partial charge < -0.3 is 56.5 Å². The highest BCUT2D eigenvalue weighted by molar-refractivity contribution is 7.99. The van der Waals surface area contributed by atoms with Gasteiger partial charge in [-0.05, 0) is 25.3 Å². The number of aromatic nitrogens is 6. The molecular weight excluding hydrogens is 836 g/mol. The Balaban J connectivity index is 1.12. The van der Waals surface area contributed by atoms with E-state index in [0.717, 1.165) is 10.9 Å². The van der Waals surface area contributed by atoms with Gasteiger partial charge in [0, 0.05) is 30.8 Å². The van der Waals surface area contributed by atoms with Crippen molar-refractivity contribution in [2.45, 2.75) is 80.7 Å². The molecule has 58 heavy (non-hydrogen) atoms. The molecule has 0 saturated carbocycles. The molecule has 26 nitrogen and oxygen atoms in total. The van der Waals surface area contributed by atoms with E-state index in [0.29, 0.717) is 31.0 Å². The van der Waals surface area contributed by atoms with Crippen molar-refractivity contribution >= 4 is 62.1 Å². The number of phosphoric ester groups is 2. The van der Waals surface area contributed by atoms with Crippen LogP contribution in [0.2, 0.25) is 0 Å². The van der Waals surface area contributed by atoms with Crippen LogP contribution in [0, 0.1) is 0 Å². The maximum absolute atomic E-state index is 13.4. The summed E-state index contributed by atoms with van der Waals surface area (Å²) in [5.41, 5.74) is 17.1. The number of unbranched alkanes of at least 4 members (excludes halogenated alkanes) is 1. The smallest absolute Gasteiger partial charge is 0.455 e. The van der Waals surface area contributed by atoms with Gasteiger partial charge >= 0.3 is 27.3 Å². The largest absolute Gasteiger partial charge is 0.472 e. The monoisotopic (exact) mass is 879 g/mol. The number of nitrogens with two attached hydrogens (primary N) is 3. The van der Waals surface area contributed by atoms with Crippen LogP contribution in [0.15, 0.2) is 29.7 Å². The van der Waals surface area contributed by atoms with Crippen molar-refractivity contribution in [3.63, 3.8) is 0 Å². The van der Waals surface area contributed by atoms with Gasteiger partial charge in [0.2, 0.25) is 5.91 Å². The van der Waals surface area contributed by atoms with Crippen molar-refractivity contribution in [1.82, 2.24) is 39.7 Å². The number of hydrogen-bond acceptors (Lipinski definition) is 21. The van der Waals surface area contributed by atoms with Crippen LogP contribution in [0.25, 0.3) is 11.2 Å². The predicted octanol–water partition coefficient (Wildman–Crippen LogP) is -2.41. The van der Waals surface area contributed by atoms with Crippen LogP contribution in [0.1, 0.15) is 38.1 Å². The first-order valence-corrected chi connectivity index (χ1v) is 21.8. The maximum Gasteiger partial charge on any atom is 0.472 e.